The number of sulfonamides is 1. The topological polar surface area (TPSA) is 98.5 Å². The summed E-state index contributed by atoms with van der Waals surface area (Å²) in [6, 6.07) is 2.27. The average molecular weight is 339 g/mol. The first-order valence-corrected chi connectivity index (χ1v) is 7.99. The molecule has 1 unspecified atom stereocenters. The molecule has 1 saturated heterocycles. The largest absolute Gasteiger partial charge is 0.379 e. The zero-order valence-corrected chi connectivity index (χ0v) is 12.6. The molecular weight excluding hydrogens is 327 g/mol. The molecule has 0 aliphatic carbocycles. The third kappa shape index (κ3) is 3.42. The summed E-state index contributed by atoms with van der Waals surface area (Å²) in [4.78, 5) is 11.7. The minimum absolute atomic E-state index is 0.0323. The molecule has 1 fully saturated rings. The van der Waals surface area contributed by atoms with E-state index in [1.807, 2.05) is 0 Å². The van der Waals surface area contributed by atoms with Crippen molar-refractivity contribution in [3.8, 4) is 0 Å². The van der Waals surface area contributed by atoms with Gasteiger partial charge in [0.05, 0.1) is 23.2 Å². The van der Waals surface area contributed by atoms with Gasteiger partial charge in [0, 0.05) is 11.6 Å². The molecule has 1 aliphatic rings. The van der Waals surface area contributed by atoms with Gasteiger partial charge in [-0.15, -0.1) is 0 Å². The second-order valence-corrected chi connectivity index (χ2v) is 6.69. The zero-order valence-electron chi connectivity index (χ0n) is 10.2. The number of hydrogen-bond acceptors (Lipinski definition) is 4. The van der Waals surface area contributed by atoms with Crippen molar-refractivity contribution in [3.63, 3.8) is 0 Å². The standard InChI is InChI=1S/C11H12Cl2N2O4S/c12-6-3-8(10(13)9(4-6)20(14,17)18)11(16)15-7-1-2-19-5-7/h3-4,7H,1-2,5H2,(H,15,16)(H2,14,17,18). The first kappa shape index (κ1) is 15.5. The summed E-state index contributed by atoms with van der Waals surface area (Å²) in [5.41, 5.74) is -0.0323. The molecule has 1 aromatic rings. The van der Waals surface area contributed by atoms with Crippen molar-refractivity contribution in [2.45, 2.75) is 17.4 Å². The highest BCUT2D eigenvalue weighted by Crippen LogP contribution is 2.29. The number of benzene rings is 1. The minimum Gasteiger partial charge on any atom is -0.379 e. The molecule has 20 heavy (non-hydrogen) atoms. The van der Waals surface area contributed by atoms with Gasteiger partial charge in [0.1, 0.15) is 4.90 Å². The Morgan fingerprint density at radius 1 is 1.40 bits per heavy atom. The number of ether oxygens (including phenoxy) is 1. The summed E-state index contributed by atoms with van der Waals surface area (Å²) in [5.74, 6) is -0.516. The van der Waals surface area contributed by atoms with Crippen LogP contribution in [0.5, 0.6) is 0 Å². The monoisotopic (exact) mass is 338 g/mol. The van der Waals surface area contributed by atoms with Gasteiger partial charge in [-0.05, 0) is 18.6 Å². The predicted octanol–water partition coefficient (Wildman–Crippen LogP) is 1.16. The van der Waals surface area contributed by atoms with Gasteiger partial charge in [-0.25, -0.2) is 13.6 Å². The van der Waals surface area contributed by atoms with Crippen molar-refractivity contribution in [1.82, 2.24) is 5.32 Å². The van der Waals surface area contributed by atoms with Crippen molar-refractivity contribution < 1.29 is 17.9 Å². The number of carbonyl (C=O) groups excluding carboxylic acids is 1. The number of hydrogen-bond donors (Lipinski definition) is 2. The van der Waals surface area contributed by atoms with Crippen molar-refractivity contribution in [2.75, 3.05) is 13.2 Å². The van der Waals surface area contributed by atoms with Crippen molar-refractivity contribution in [3.05, 3.63) is 27.7 Å². The number of primary sulfonamides is 1. The fourth-order valence-electron chi connectivity index (χ4n) is 1.85. The highest BCUT2D eigenvalue weighted by molar-refractivity contribution is 7.89. The van der Waals surface area contributed by atoms with Crippen LogP contribution in [0.4, 0.5) is 0 Å². The van der Waals surface area contributed by atoms with Crippen LogP contribution in [0.2, 0.25) is 10.0 Å². The maximum absolute atomic E-state index is 12.1. The lowest BCUT2D eigenvalue weighted by Crippen LogP contribution is -2.35. The molecule has 0 spiro atoms. The number of carbonyl (C=O) groups is 1. The van der Waals surface area contributed by atoms with Crippen LogP contribution in [-0.4, -0.2) is 33.6 Å². The van der Waals surface area contributed by atoms with E-state index in [9.17, 15) is 13.2 Å². The summed E-state index contributed by atoms with van der Waals surface area (Å²) >= 11 is 11.7. The Morgan fingerprint density at radius 3 is 2.65 bits per heavy atom. The predicted molar refractivity (Wildman–Crippen MR) is 74.5 cm³/mol. The molecule has 1 aromatic carbocycles. The van der Waals surface area contributed by atoms with Gasteiger partial charge in [-0.3, -0.25) is 4.79 Å². The van der Waals surface area contributed by atoms with Crippen LogP contribution in [0.3, 0.4) is 0 Å². The van der Waals surface area contributed by atoms with Crippen LogP contribution in [-0.2, 0) is 14.8 Å². The molecule has 6 nitrogen and oxygen atoms in total. The lowest BCUT2D eigenvalue weighted by atomic mass is 10.2. The number of rotatable bonds is 3. The Balaban J connectivity index is 2.36. The molecule has 0 aromatic heterocycles. The van der Waals surface area contributed by atoms with Crippen LogP contribution in [0.25, 0.3) is 0 Å². The van der Waals surface area contributed by atoms with Crippen LogP contribution in [0.15, 0.2) is 17.0 Å². The summed E-state index contributed by atoms with van der Waals surface area (Å²) in [6.45, 7) is 0.975. The van der Waals surface area contributed by atoms with Gasteiger partial charge in [0.2, 0.25) is 10.0 Å². The van der Waals surface area contributed by atoms with Crippen LogP contribution < -0.4 is 10.5 Å². The molecule has 1 heterocycles. The van der Waals surface area contributed by atoms with E-state index in [1.165, 1.54) is 6.07 Å². The number of amides is 1. The summed E-state index contributed by atoms with van der Waals surface area (Å²) in [7, 11) is -4.06. The summed E-state index contributed by atoms with van der Waals surface area (Å²) < 4.78 is 28.0. The van der Waals surface area contributed by atoms with E-state index in [0.29, 0.717) is 19.6 Å². The Bertz CT molecular complexity index is 642. The molecule has 0 saturated carbocycles. The third-order valence-electron chi connectivity index (χ3n) is 2.82. The molecule has 9 heteroatoms. The third-order valence-corrected chi connectivity index (χ3v) is 4.49. The van der Waals surface area contributed by atoms with Crippen molar-refractivity contribution in [1.29, 1.82) is 0 Å². The van der Waals surface area contributed by atoms with E-state index >= 15 is 0 Å². The number of halogens is 2. The van der Waals surface area contributed by atoms with Gasteiger partial charge in [-0.2, -0.15) is 0 Å². The molecule has 3 N–H and O–H groups in total. The SMILES string of the molecule is NS(=O)(=O)c1cc(Cl)cc(C(=O)NC2CCOC2)c1Cl. The van der Waals surface area contributed by atoms with Gasteiger partial charge >= 0.3 is 0 Å². The highest BCUT2D eigenvalue weighted by Gasteiger charge is 2.24. The fourth-order valence-corrected chi connectivity index (χ4v) is 3.30. The quantitative estimate of drug-likeness (QED) is 0.863. The maximum atomic E-state index is 12.1. The van der Waals surface area contributed by atoms with Gasteiger partial charge in [0.25, 0.3) is 5.91 Å². The first-order valence-electron chi connectivity index (χ1n) is 5.69. The maximum Gasteiger partial charge on any atom is 0.253 e. The summed E-state index contributed by atoms with van der Waals surface area (Å²) in [5, 5.41) is 7.55. The Kier molecular flexibility index (Phi) is 4.55. The Hall–Kier alpha value is -0.860. The van der Waals surface area contributed by atoms with Gasteiger partial charge in [-0.1, -0.05) is 23.2 Å². The van der Waals surface area contributed by atoms with E-state index in [4.69, 9.17) is 33.1 Å². The van der Waals surface area contributed by atoms with Gasteiger partial charge < -0.3 is 10.1 Å². The van der Waals surface area contributed by atoms with Crippen molar-refractivity contribution >= 4 is 39.1 Å². The van der Waals surface area contributed by atoms with E-state index < -0.39 is 15.9 Å². The molecule has 110 valence electrons. The molecule has 1 atom stereocenters. The van der Waals surface area contributed by atoms with Crippen LogP contribution in [0, 0.1) is 0 Å². The van der Waals surface area contributed by atoms with Gasteiger partial charge in [0.15, 0.2) is 0 Å². The molecule has 0 radical (unpaired) electrons. The molecule has 1 aliphatic heterocycles. The lowest BCUT2D eigenvalue weighted by molar-refractivity contribution is 0.0930. The molecule has 1 amide bonds. The zero-order chi connectivity index (χ0) is 14.9. The van der Waals surface area contributed by atoms with Crippen LogP contribution >= 0.6 is 23.2 Å². The fraction of sp³-hybridized carbons (Fsp3) is 0.364. The number of nitrogens with two attached hydrogens (primary N) is 1. The average Bonchev–Trinajstić information content (AvgIpc) is 2.83. The Labute approximate surface area is 126 Å². The Morgan fingerprint density at radius 2 is 2.10 bits per heavy atom. The minimum atomic E-state index is -4.06. The van der Waals surface area contributed by atoms with E-state index in [2.05, 4.69) is 5.32 Å². The first-order chi connectivity index (χ1) is 9.29. The van der Waals surface area contributed by atoms with Crippen LogP contribution in [0.1, 0.15) is 16.8 Å². The second-order valence-electron chi connectivity index (χ2n) is 4.34. The lowest BCUT2D eigenvalue weighted by Gasteiger charge is -2.13. The van der Waals surface area contributed by atoms with E-state index in [1.54, 1.807) is 0 Å². The highest BCUT2D eigenvalue weighted by atomic mass is 35.5. The second kappa shape index (κ2) is 5.87. The molecule has 0 bridgehead atoms. The number of nitrogens with one attached hydrogen (secondary N) is 1. The normalized spacial score (nSPS) is 19.1. The molecule has 2 rings (SSSR count). The van der Waals surface area contributed by atoms with E-state index in [-0.39, 0.29) is 26.5 Å². The smallest absolute Gasteiger partial charge is 0.253 e. The molecular formula is C11H12Cl2N2O4S. The van der Waals surface area contributed by atoms with E-state index in [0.717, 1.165) is 6.07 Å². The van der Waals surface area contributed by atoms with Crippen molar-refractivity contribution in [2.24, 2.45) is 5.14 Å². The summed E-state index contributed by atoms with van der Waals surface area (Å²) in [6.07, 6.45) is 0.686.